The molecule has 3 atom stereocenters. The molecule has 3 heterocycles. The Morgan fingerprint density at radius 1 is 1.09 bits per heavy atom. The zero-order chi connectivity index (χ0) is 24.2. The second kappa shape index (κ2) is 10.6. The topological polar surface area (TPSA) is 104 Å². The Labute approximate surface area is 206 Å². The summed E-state index contributed by atoms with van der Waals surface area (Å²) in [4.78, 5) is 17.5. The molecule has 2 aliphatic rings. The molecule has 0 bridgehead atoms. The number of nitrogens with one attached hydrogen (secondary N) is 4. The first-order valence-corrected chi connectivity index (χ1v) is 12.6. The average molecular weight is 477 g/mol. The lowest BCUT2D eigenvalue weighted by Crippen LogP contribution is -2.44. The third kappa shape index (κ3) is 5.75. The summed E-state index contributed by atoms with van der Waals surface area (Å²) in [5.74, 6) is 1.38. The van der Waals surface area contributed by atoms with E-state index in [0.717, 1.165) is 74.4 Å². The summed E-state index contributed by atoms with van der Waals surface area (Å²) >= 11 is 0. The van der Waals surface area contributed by atoms with E-state index in [-0.39, 0.29) is 12.1 Å². The number of fused-ring (bicyclic) bond motifs is 1. The fourth-order valence-corrected chi connectivity index (χ4v) is 5.03. The van der Waals surface area contributed by atoms with Crippen molar-refractivity contribution in [2.75, 3.05) is 48.8 Å². The van der Waals surface area contributed by atoms with Crippen LogP contribution in [0.25, 0.3) is 11.0 Å². The molecule has 2 fully saturated rings. The van der Waals surface area contributed by atoms with Crippen molar-refractivity contribution in [1.29, 1.82) is 0 Å². The predicted molar refractivity (Wildman–Crippen MR) is 142 cm³/mol. The summed E-state index contributed by atoms with van der Waals surface area (Å²) in [5.41, 5.74) is 3.00. The number of aromatic amines is 1. The van der Waals surface area contributed by atoms with E-state index in [2.05, 4.69) is 73.6 Å². The van der Waals surface area contributed by atoms with Gasteiger partial charge < -0.3 is 30.5 Å². The van der Waals surface area contributed by atoms with Gasteiger partial charge in [0.15, 0.2) is 0 Å². The standard InChI is InChI=1S/C26H36N8O/c1-3-23(35)28-19-5-4-6-20(17-19)29-25-22-11-12-27-24(22)31-26(32-25)30-18-7-9-21(10-8-18)34-15-13-33(2)14-16-34/h3,7-12,19-20,23,28,35H,1,4-6,13-17H2,2H3,(H3,27,29,30,31,32). The van der Waals surface area contributed by atoms with E-state index in [1.807, 2.05) is 12.3 Å². The van der Waals surface area contributed by atoms with Gasteiger partial charge in [0, 0.05) is 55.8 Å². The van der Waals surface area contributed by atoms with Crippen molar-refractivity contribution >= 4 is 34.2 Å². The third-order valence-electron chi connectivity index (χ3n) is 7.05. The number of rotatable bonds is 8. The van der Waals surface area contributed by atoms with E-state index in [4.69, 9.17) is 4.98 Å². The number of piperazine rings is 1. The Kier molecular flexibility index (Phi) is 7.17. The lowest BCUT2D eigenvalue weighted by Gasteiger charge is -2.34. The number of hydrogen-bond donors (Lipinski definition) is 5. The molecule has 186 valence electrons. The maximum absolute atomic E-state index is 9.89. The van der Waals surface area contributed by atoms with E-state index in [1.54, 1.807) is 0 Å². The van der Waals surface area contributed by atoms with Gasteiger partial charge in [0.1, 0.15) is 17.7 Å². The third-order valence-corrected chi connectivity index (χ3v) is 7.05. The van der Waals surface area contributed by atoms with Gasteiger partial charge in [-0.3, -0.25) is 5.32 Å². The molecule has 9 nitrogen and oxygen atoms in total. The number of aliphatic hydroxyl groups excluding tert-OH is 1. The molecule has 5 N–H and O–H groups in total. The smallest absolute Gasteiger partial charge is 0.231 e. The van der Waals surface area contributed by atoms with E-state index >= 15 is 0 Å². The molecule has 0 spiro atoms. The van der Waals surface area contributed by atoms with Crippen molar-refractivity contribution in [3.63, 3.8) is 0 Å². The molecule has 1 saturated heterocycles. The highest BCUT2D eigenvalue weighted by Crippen LogP contribution is 2.28. The number of benzene rings is 1. The van der Waals surface area contributed by atoms with Crippen molar-refractivity contribution < 1.29 is 5.11 Å². The number of aliphatic hydroxyl groups is 1. The second-order valence-electron chi connectivity index (χ2n) is 9.65. The largest absolute Gasteiger partial charge is 0.375 e. The highest BCUT2D eigenvalue weighted by molar-refractivity contribution is 5.88. The van der Waals surface area contributed by atoms with Crippen LogP contribution in [0.2, 0.25) is 0 Å². The van der Waals surface area contributed by atoms with Gasteiger partial charge in [-0.2, -0.15) is 9.97 Å². The molecule has 3 unspecified atom stereocenters. The zero-order valence-electron chi connectivity index (χ0n) is 20.4. The SMILES string of the molecule is C=CC(O)NC1CCCC(Nc2nc(Nc3ccc(N4CCN(C)CC4)cc3)nc3[nH]ccc23)C1. The van der Waals surface area contributed by atoms with E-state index in [1.165, 1.54) is 11.8 Å². The normalized spacial score (nSPS) is 22.2. The number of likely N-dealkylation sites (N-methyl/N-ethyl adjacent to an activating group) is 1. The van der Waals surface area contributed by atoms with Crippen LogP contribution in [0.5, 0.6) is 0 Å². The molecule has 1 aliphatic heterocycles. The van der Waals surface area contributed by atoms with Crippen LogP contribution in [-0.4, -0.2) is 76.5 Å². The first-order chi connectivity index (χ1) is 17.1. The van der Waals surface area contributed by atoms with Crippen molar-refractivity contribution in [2.24, 2.45) is 0 Å². The Balaban J connectivity index is 1.28. The number of nitrogens with zero attached hydrogens (tertiary/aromatic N) is 4. The molecule has 1 aliphatic carbocycles. The minimum Gasteiger partial charge on any atom is -0.375 e. The average Bonchev–Trinajstić information content (AvgIpc) is 3.34. The molecule has 2 aromatic heterocycles. The highest BCUT2D eigenvalue weighted by atomic mass is 16.3. The molecule has 1 aromatic carbocycles. The van der Waals surface area contributed by atoms with Crippen LogP contribution >= 0.6 is 0 Å². The molecule has 3 aromatic rings. The summed E-state index contributed by atoms with van der Waals surface area (Å²) in [6.07, 6.45) is 6.86. The monoisotopic (exact) mass is 476 g/mol. The van der Waals surface area contributed by atoms with Gasteiger partial charge in [0.25, 0.3) is 0 Å². The zero-order valence-corrected chi connectivity index (χ0v) is 20.4. The Hall–Kier alpha value is -3.14. The number of aromatic nitrogens is 3. The van der Waals surface area contributed by atoms with Gasteiger partial charge in [-0.15, -0.1) is 0 Å². The van der Waals surface area contributed by atoms with Crippen molar-refractivity contribution in [3.8, 4) is 0 Å². The van der Waals surface area contributed by atoms with Crippen molar-refractivity contribution in [3.05, 3.63) is 49.2 Å². The van der Waals surface area contributed by atoms with Crippen LogP contribution in [0.1, 0.15) is 25.7 Å². The Bertz CT molecular complexity index is 1120. The molecule has 9 heteroatoms. The van der Waals surface area contributed by atoms with Gasteiger partial charge in [0.2, 0.25) is 5.95 Å². The van der Waals surface area contributed by atoms with E-state index in [9.17, 15) is 5.11 Å². The van der Waals surface area contributed by atoms with Crippen LogP contribution in [-0.2, 0) is 0 Å². The summed E-state index contributed by atoms with van der Waals surface area (Å²) in [7, 11) is 2.17. The second-order valence-corrected chi connectivity index (χ2v) is 9.65. The molecule has 35 heavy (non-hydrogen) atoms. The first kappa shape index (κ1) is 23.6. The molecule has 5 rings (SSSR count). The maximum Gasteiger partial charge on any atom is 0.231 e. The van der Waals surface area contributed by atoms with Gasteiger partial charge in [-0.05, 0) is 69.1 Å². The summed E-state index contributed by atoms with van der Waals surface area (Å²) in [5, 5.41) is 21.1. The first-order valence-electron chi connectivity index (χ1n) is 12.6. The lowest BCUT2D eigenvalue weighted by atomic mass is 9.91. The van der Waals surface area contributed by atoms with Crippen LogP contribution in [0.15, 0.2) is 49.2 Å². The maximum atomic E-state index is 9.89. The molecule has 0 radical (unpaired) electrons. The lowest BCUT2D eigenvalue weighted by molar-refractivity contribution is 0.154. The van der Waals surface area contributed by atoms with Gasteiger partial charge in [-0.1, -0.05) is 6.58 Å². The Morgan fingerprint density at radius 2 is 1.86 bits per heavy atom. The molecular weight excluding hydrogens is 440 g/mol. The highest BCUT2D eigenvalue weighted by Gasteiger charge is 2.24. The predicted octanol–water partition coefficient (Wildman–Crippen LogP) is 3.27. The number of H-pyrrole nitrogens is 1. The van der Waals surface area contributed by atoms with Crippen molar-refractivity contribution in [1.82, 2.24) is 25.2 Å². The summed E-state index contributed by atoms with van der Waals surface area (Å²) in [6.45, 7) is 7.94. The van der Waals surface area contributed by atoms with E-state index in [0.29, 0.717) is 5.95 Å². The van der Waals surface area contributed by atoms with E-state index < -0.39 is 6.23 Å². The van der Waals surface area contributed by atoms with Crippen LogP contribution in [0.3, 0.4) is 0 Å². The van der Waals surface area contributed by atoms with Gasteiger partial charge >= 0.3 is 0 Å². The fourth-order valence-electron chi connectivity index (χ4n) is 5.03. The Morgan fingerprint density at radius 3 is 2.63 bits per heavy atom. The minimum atomic E-state index is -0.673. The quantitative estimate of drug-likeness (QED) is 0.249. The summed E-state index contributed by atoms with van der Waals surface area (Å²) in [6, 6.07) is 11.0. The van der Waals surface area contributed by atoms with Crippen LogP contribution in [0, 0.1) is 0 Å². The molecule has 0 amide bonds. The number of anilines is 4. The summed E-state index contributed by atoms with van der Waals surface area (Å²) < 4.78 is 0. The number of hydrogen-bond acceptors (Lipinski definition) is 8. The van der Waals surface area contributed by atoms with Gasteiger partial charge in [0.05, 0.1) is 5.39 Å². The molecular formula is C26H36N8O. The van der Waals surface area contributed by atoms with Gasteiger partial charge in [-0.25, -0.2) is 0 Å². The van der Waals surface area contributed by atoms with Crippen LogP contribution in [0.4, 0.5) is 23.1 Å². The van der Waals surface area contributed by atoms with Crippen molar-refractivity contribution in [2.45, 2.75) is 44.0 Å². The molecule has 1 saturated carbocycles. The van der Waals surface area contributed by atoms with Crippen LogP contribution < -0.4 is 20.9 Å². The minimum absolute atomic E-state index is 0.245. The fraction of sp³-hybridized carbons (Fsp3) is 0.462.